The van der Waals surface area contributed by atoms with Gasteiger partial charge in [0.25, 0.3) is 0 Å². The van der Waals surface area contributed by atoms with E-state index < -0.39 is 14.8 Å². The summed E-state index contributed by atoms with van der Waals surface area (Å²) in [5.74, 6) is 0. The maximum Gasteiger partial charge on any atom is 0.219 e. The number of rotatable bonds is 5. The Bertz CT molecular complexity index is 364. The average Bonchev–Trinajstić information content (AvgIpc) is 2.29. The van der Waals surface area contributed by atoms with E-state index in [0.717, 1.165) is 25.7 Å². The van der Waals surface area contributed by atoms with Crippen LogP contribution in [0.15, 0.2) is 0 Å². The van der Waals surface area contributed by atoms with Crippen LogP contribution in [-0.4, -0.2) is 29.6 Å². The lowest BCUT2D eigenvalue weighted by atomic mass is 9.94. The van der Waals surface area contributed by atoms with Crippen LogP contribution in [0, 0.1) is 0 Å². The zero-order valence-electron chi connectivity index (χ0n) is 13.3. The molecule has 1 fully saturated rings. The highest BCUT2D eigenvalue weighted by Crippen LogP contribution is 2.32. The van der Waals surface area contributed by atoms with Gasteiger partial charge in [0.15, 0.2) is 0 Å². The first-order valence-electron chi connectivity index (χ1n) is 7.75. The van der Waals surface area contributed by atoms with Crippen LogP contribution in [0.25, 0.3) is 0 Å². The lowest BCUT2D eigenvalue weighted by Crippen LogP contribution is -2.52. The van der Waals surface area contributed by atoms with E-state index in [1.165, 1.54) is 19.3 Å². The maximum absolute atomic E-state index is 12.9. The van der Waals surface area contributed by atoms with Gasteiger partial charge in [-0.1, -0.05) is 32.6 Å². The van der Waals surface area contributed by atoms with Crippen molar-refractivity contribution >= 4 is 10.0 Å². The average molecular weight is 289 g/mol. The molecule has 0 amide bonds. The standard InChI is InChI=1S/C15H31NO2S/c1-6-10-13(2)16(14-11-8-7-9-12-14)19(17,18)15(3,4)5/h13-14H,6-12H2,1-5H3. The van der Waals surface area contributed by atoms with Crippen molar-refractivity contribution in [3.63, 3.8) is 0 Å². The van der Waals surface area contributed by atoms with Gasteiger partial charge in [-0.15, -0.1) is 0 Å². The summed E-state index contributed by atoms with van der Waals surface area (Å²) in [7, 11) is -3.23. The third-order valence-corrected chi connectivity index (χ3v) is 6.89. The predicted molar refractivity (Wildman–Crippen MR) is 81.8 cm³/mol. The smallest absolute Gasteiger partial charge is 0.212 e. The molecule has 0 aromatic carbocycles. The number of hydrogen-bond donors (Lipinski definition) is 0. The van der Waals surface area contributed by atoms with Crippen molar-refractivity contribution < 1.29 is 8.42 Å². The SMILES string of the molecule is CCCC(C)N(C1CCCCC1)S(=O)(=O)C(C)(C)C. The second kappa shape index (κ2) is 6.57. The van der Waals surface area contributed by atoms with Crippen molar-refractivity contribution in [1.82, 2.24) is 4.31 Å². The fourth-order valence-electron chi connectivity index (χ4n) is 2.99. The van der Waals surface area contributed by atoms with Crippen LogP contribution in [0.1, 0.15) is 79.6 Å². The Kier molecular flexibility index (Phi) is 5.87. The first kappa shape index (κ1) is 17.0. The quantitative estimate of drug-likeness (QED) is 0.769. The molecule has 1 unspecified atom stereocenters. The van der Waals surface area contributed by atoms with E-state index in [1.807, 2.05) is 25.1 Å². The molecule has 114 valence electrons. The van der Waals surface area contributed by atoms with Gasteiger partial charge in [0, 0.05) is 12.1 Å². The molecule has 1 aliphatic carbocycles. The normalized spacial score (nSPS) is 20.7. The summed E-state index contributed by atoms with van der Waals surface area (Å²) in [5, 5.41) is 0. The van der Waals surface area contributed by atoms with E-state index in [0.29, 0.717) is 0 Å². The number of hydrogen-bond acceptors (Lipinski definition) is 2. The molecule has 0 aliphatic heterocycles. The molecule has 1 atom stereocenters. The van der Waals surface area contributed by atoms with Crippen LogP contribution >= 0.6 is 0 Å². The summed E-state index contributed by atoms with van der Waals surface area (Å²) in [4.78, 5) is 0. The molecule has 0 aromatic rings. The summed E-state index contributed by atoms with van der Waals surface area (Å²) in [5.41, 5.74) is 0. The van der Waals surface area contributed by atoms with Gasteiger partial charge in [0.05, 0.1) is 4.75 Å². The topological polar surface area (TPSA) is 37.4 Å². The molecule has 0 radical (unpaired) electrons. The van der Waals surface area contributed by atoms with Crippen LogP contribution < -0.4 is 0 Å². The highest BCUT2D eigenvalue weighted by atomic mass is 32.2. The van der Waals surface area contributed by atoms with Crippen LogP contribution in [0.4, 0.5) is 0 Å². The first-order chi connectivity index (χ1) is 8.71. The van der Waals surface area contributed by atoms with Gasteiger partial charge in [-0.25, -0.2) is 8.42 Å². The molecule has 4 heteroatoms. The van der Waals surface area contributed by atoms with Crippen molar-refractivity contribution in [2.45, 2.75) is 96.4 Å². The Morgan fingerprint density at radius 2 is 1.68 bits per heavy atom. The molecule has 1 saturated carbocycles. The van der Waals surface area contributed by atoms with Gasteiger partial charge in [0.2, 0.25) is 10.0 Å². The van der Waals surface area contributed by atoms with Crippen molar-refractivity contribution in [3.05, 3.63) is 0 Å². The maximum atomic E-state index is 12.9. The Balaban J connectivity index is 3.04. The number of nitrogens with zero attached hydrogens (tertiary/aromatic N) is 1. The van der Waals surface area contributed by atoms with E-state index in [1.54, 1.807) is 0 Å². The van der Waals surface area contributed by atoms with Crippen LogP contribution in [0.2, 0.25) is 0 Å². The molecule has 0 heterocycles. The third-order valence-electron chi connectivity index (χ3n) is 4.13. The minimum atomic E-state index is -3.23. The molecular formula is C15H31NO2S. The molecule has 1 aliphatic rings. The lowest BCUT2D eigenvalue weighted by Gasteiger charge is -2.41. The first-order valence-corrected chi connectivity index (χ1v) is 9.19. The highest BCUT2D eigenvalue weighted by Gasteiger charge is 2.41. The van der Waals surface area contributed by atoms with Crippen LogP contribution in [0.5, 0.6) is 0 Å². The molecule has 0 N–H and O–H groups in total. The molecule has 0 saturated heterocycles. The Morgan fingerprint density at radius 1 is 1.16 bits per heavy atom. The van der Waals surface area contributed by atoms with Gasteiger partial charge in [-0.05, 0) is 47.0 Å². The third kappa shape index (κ3) is 3.94. The molecular weight excluding hydrogens is 258 g/mol. The predicted octanol–water partition coefficient (Wildman–Crippen LogP) is 3.94. The van der Waals surface area contributed by atoms with Gasteiger partial charge < -0.3 is 0 Å². The Hall–Kier alpha value is -0.0900. The Labute approximate surface area is 119 Å². The summed E-state index contributed by atoms with van der Waals surface area (Å²) in [6.07, 6.45) is 7.63. The molecule has 19 heavy (non-hydrogen) atoms. The van der Waals surface area contributed by atoms with Crippen LogP contribution in [-0.2, 0) is 10.0 Å². The highest BCUT2D eigenvalue weighted by molar-refractivity contribution is 7.90. The van der Waals surface area contributed by atoms with Crippen molar-refractivity contribution in [2.24, 2.45) is 0 Å². The van der Waals surface area contributed by atoms with Gasteiger partial charge >= 0.3 is 0 Å². The van der Waals surface area contributed by atoms with Crippen molar-refractivity contribution in [2.75, 3.05) is 0 Å². The Morgan fingerprint density at radius 3 is 2.11 bits per heavy atom. The van der Waals surface area contributed by atoms with E-state index in [-0.39, 0.29) is 12.1 Å². The lowest BCUT2D eigenvalue weighted by molar-refractivity contribution is 0.199. The second-order valence-corrected chi connectivity index (χ2v) is 9.47. The monoisotopic (exact) mass is 289 g/mol. The van der Waals surface area contributed by atoms with Crippen LogP contribution in [0.3, 0.4) is 0 Å². The zero-order valence-corrected chi connectivity index (χ0v) is 14.1. The zero-order chi connectivity index (χ0) is 14.7. The fraction of sp³-hybridized carbons (Fsp3) is 1.00. The van der Waals surface area contributed by atoms with E-state index in [2.05, 4.69) is 13.8 Å². The fourth-order valence-corrected chi connectivity index (χ4v) is 4.80. The minimum absolute atomic E-state index is 0.123. The van der Waals surface area contributed by atoms with Crippen molar-refractivity contribution in [3.8, 4) is 0 Å². The minimum Gasteiger partial charge on any atom is -0.212 e. The molecule has 1 rings (SSSR count). The van der Waals surface area contributed by atoms with Gasteiger partial charge in [-0.2, -0.15) is 4.31 Å². The number of sulfonamides is 1. The summed E-state index contributed by atoms with van der Waals surface area (Å²) in [6.45, 7) is 9.64. The van der Waals surface area contributed by atoms with E-state index in [4.69, 9.17) is 0 Å². The largest absolute Gasteiger partial charge is 0.219 e. The molecule has 0 bridgehead atoms. The molecule has 3 nitrogen and oxygen atoms in total. The van der Waals surface area contributed by atoms with E-state index >= 15 is 0 Å². The molecule has 0 spiro atoms. The van der Waals surface area contributed by atoms with Gasteiger partial charge in [0.1, 0.15) is 0 Å². The van der Waals surface area contributed by atoms with Crippen molar-refractivity contribution in [1.29, 1.82) is 0 Å². The second-order valence-electron chi connectivity index (χ2n) is 6.88. The summed E-state index contributed by atoms with van der Waals surface area (Å²) >= 11 is 0. The van der Waals surface area contributed by atoms with Gasteiger partial charge in [-0.3, -0.25) is 0 Å². The summed E-state index contributed by atoms with van der Waals surface area (Å²) < 4.78 is 26.9. The summed E-state index contributed by atoms with van der Waals surface area (Å²) in [6, 6.07) is 0.344. The molecule has 0 aromatic heterocycles. The van der Waals surface area contributed by atoms with E-state index in [9.17, 15) is 8.42 Å².